The van der Waals surface area contributed by atoms with Crippen LogP contribution in [-0.2, 0) is 11.2 Å². The van der Waals surface area contributed by atoms with Crippen LogP contribution in [-0.4, -0.2) is 48.1 Å². The molecule has 2 atom stereocenters. The number of benzene rings is 1. The monoisotopic (exact) mass is 407 g/mol. The number of ether oxygens (including phenoxy) is 1. The molecule has 2 aromatic rings. The first-order chi connectivity index (χ1) is 14.8. The third kappa shape index (κ3) is 6.05. The van der Waals surface area contributed by atoms with Crippen molar-refractivity contribution in [3.8, 4) is 5.75 Å². The normalized spacial score (nSPS) is 22.7. The summed E-state index contributed by atoms with van der Waals surface area (Å²) in [5.74, 6) is 1.41. The first-order valence-electron chi connectivity index (χ1n) is 11.4. The average Bonchev–Trinajstić information content (AvgIpc) is 3.31. The van der Waals surface area contributed by atoms with Gasteiger partial charge in [-0.3, -0.25) is 9.78 Å². The van der Waals surface area contributed by atoms with Gasteiger partial charge in [0.2, 0.25) is 5.91 Å². The van der Waals surface area contributed by atoms with E-state index in [9.17, 15) is 4.79 Å². The van der Waals surface area contributed by atoms with Gasteiger partial charge < -0.3 is 15.0 Å². The van der Waals surface area contributed by atoms with E-state index < -0.39 is 0 Å². The Bertz CT molecular complexity index is 726. The minimum absolute atomic E-state index is 0.0395. The van der Waals surface area contributed by atoms with Crippen molar-refractivity contribution in [1.29, 1.82) is 0 Å². The Kier molecular flexibility index (Phi) is 7.35. The SMILES string of the molecule is O=C(NC1CCCC1)[C@@H]1C[C@H](COc2cccnc2)CN(CCc2ccccc2)C1. The second-order valence-electron chi connectivity index (χ2n) is 8.78. The Morgan fingerprint density at radius 2 is 1.93 bits per heavy atom. The Hall–Kier alpha value is -2.40. The highest BCUT2D eigenvalue weighted by Gasteiger charge is 2.33. The lowest BCUT2D eigenvalue weighted by Gasteiger charge is -2.37. The molecular formula is C25H33N3O2. The van der Waals surface area contributed by atoms with Crippen LogP contribution in [0, 0.1) is 11.8 Å². The molecule has 1 saturated carbocycles. The summed E-state index contributed by atoms with van der Waals surface area (Å²) in [6.45, 7) is 3.41. The molecule has 4 rings (SSSR count). The van der Waals surface area contributed by atoms with Crippen LogP contribution < -0.4 is 10.1 Å². The molecule has 0 radical (unpaired) electrons. The first kappa shape index (κ1) is 20.9. The van der Waals surface area contributed by atoms with Crippen molar-refractivity contribution in [1.82, 2.24) is 15.2 Å². The van der Waals surface area contributed by atoms with Gasteiger partial charge in [-0.25, -0.2) is 0 Å². The zero-order valence-corrected chi connectivity index (χ0v) is 17.7. The van der Waals surface area contributed by atoms with E-state index in [2.05, 4.69) is 45.5 Å². The van der Waals surface area contributed by atoms with Gasteiger partial charge in [0.15, 0.2) is 0 Å². The van der Waals surface area contributed by atoms with Crippen molar-refractivity contribution >= 4 is 5.91 Å². The summed E-state index contributed by atoms with van der Waals surface area (Å²) in [5.41, 5.74) is 1.35. The van der Waals surface area contributed by atoms with Crippen LogP contribution in [0.2, 0.25) is 0 Å². The van der Waals surface area contributed by atoms with Crippen molar-refractivity contribution < 1.29 is 9.53 Å². The summed E-state index contributed by atoms with van der Waals surface area (Å²) >= 11 is 0. The number of amides is 1. The van der Waals surface area contributed by atoms with E-state index in [-0.39, 0.29) is 11.8 Å². The zero-order chi connectivity index (χ0) is 20.6. The summed E-state index contributed by atoms with van der Waals surface area (Å²) < 4.78 is 6.00. The van der Waals surface area contributed by atoms with E-state index in [0.29, 0.717) is 18.6 Å². The molecule has 30 heavy (non-hydrogen) atoms. The molecule has 5 nitrogen and oxygen atoms in total. The molecule has 1 saturated heterocycles. The Morgan fingerprint density at radius 3 is 2.70 bits per heavy atom. The van der Waals surface area contributed by atoms with Crippen LogP contribution in [0.5, 0.6) is 5.75 Å². The van der Waals surface area contributed by atoms with E-state index in [1.165, 1.54) is 18.4 Å². The maximum Gasteiger partial charge on any atom is 0.224 e. The van der Waals surface area contributed by atoms with E-state index in [1.807, 2.05) is 12.1 Å². The lowest BCUT2D eigenvalue weighted by molar-refractivity contribution is -0.128. The van der Waals surface area contributed by atoms with Crippen LogP contribution in [0.3, 0.4) is 0 Å². The standard InChI is InChI=1S/C25H33N3O2/c29-25(27-23-9-4-5-10-23)22-15-21(19-30-24-11-6-13-26-16-24)17-28(18-22)14-12-20-7-2-1-3-8-20/h1-3,6-8,11,13,16,21-23H,4-5,9-10,12,14-15,17-19H2,(H,27,29)/t21-,22+/m0/s1. The third-order valence-electron chi connectivity index (χ3n) is 6.36. The summed E-state index contributed by atoms with van der Waals surface area (Å²) in [6.07, 6.45) is 10.1. The van der Waals surface area contributed by atoms with Gasteiger partial charge in [-0.15, -0.1) is 0 Å². The summed E-state index contributed by atoms with van der Waals surface area (Å²) in [5, 5.41) is 3.32. The fourth-order valence-corrected chi connectivity index (χ4v) is 4.76. The van der Waals surface area contributed by atoms with Crippen molar-refractivity contribution in [2.24, 2.45) is 11.8 Å². The lowest BCUT2D eigenvalue weighted by Crippen LogP contribution is -2.49. The molecule has 1 aliphatic heterocycles. The van der Waals surface area contributed by atoms with Crippen molar-refractivity contribution in [3.63, 3.8) is 0 Å². The zero-order valence-electron chi connectivity index (χ0n) is 17.7. The number of pyridine rings is 1. The molecule has 1 aliphatic carbocycles. The Morgan fingerprint density at radius 1 is 1.10 bits per heavy atom. The van der Waals surface area contributed by atoms with E-state index in [4.69, 9.17) is 4.74 Å². The molecular weight excluding hydrogens is 374 g/mol. The van der Waals surface area contributed by atoms with Crippen molar-refractivity contribution in [2.45, 2.75) is 44.6 Å². The average molecular weight is 408 g/mol. The molecule has 5 heteroatoms. The van der Waals surface area contributed by atoms with E-state index in [1.54, 1.807) is 12.4 Å². The number of nitrogens with zero attached hydrogens (tertiary/aromatic N) is 2. The highest BCUT2D eigenvalue weighted by atomic mass is 16.5. The number of hydrogen-bond donors (Lipinski definition) is 1. The van der Waals surface area contributed by atoms with Gasteiger partial charge >= 0.3 is 0 Å². The van der Waals surface area contributed by atoms with Gasteiger partial charge in [-0.1, -0.05) is 43.2 Å². The highest BCUT2D eigenvalue weighted by Crippen LogP contribution is 2.25. The van der Waals surface area contributed by atoms with Crippen molar-refractivity contribution in [2.75, 3.05) is 26.2 Å². The molecule has 1 N–H and O–H groups in total. The molecule has 0 spiro atoms. The highest BCUT2D eigenvalue weighted by molar-refractivity contribution is 5.79. The second-order valence-corrected chi connectivity index (χ2v) is 8.78. The summed E-state index contributed by atoms with van der Waals surface area (Å²) in [4.78, 5) is 19.6. The molecule has 0 unspecified atom stereocenters. The quantitative estimate of drug-likeness (QED) is 0.725. The predicted molar refractivity (Wildman–Crippen MR) is 118 cm³/mol. The van der Waals surface area contributed by atoms with Gasteiger partial charge in [0.05, 0.1) is 18.7 Å². The number of aromatic nitrogens is 1. The van der Waals surface area contributed by atoms with E-state index >= 15 is 0 Å². The minimum atomic E-state index is 0.0395. The number of likely N-dealkylation sites (tertiary alicyclic amines) is 1. The van der Waals surface area contributed by atoms with Gasteiger partial charge in [0.1, 0.15) is 5.75 Å². The number of rotatable bonds is 8. The lowest BCUT2D eigenvalue weighted by atomic mass is 9.88. The number of hydrogen-bond acceptors (Lipinski definition) is 4. The van der Waals surface area contributed by atoms with Gasteiger partial charge in [-0.05, 0) is 43.4 Å². The van der Waals surface area contributed by atoms with Crippen molar-refractivity contribution in [3.05, 3.63) is 60.4 Å². The molecule has 160 valence electrons. The van der Waals surface area contributed by atoms with Gasteiger partial charge in [0, 0.05) is 37.8 Å². The maximum absolute atomic E-state index is 13.0. The maximum atomic E-state index is 13.0. The van der Waals surface area contributed by atoms with Crippen LogP contribution in [0.25, 0.3) is 0 Å². The van der Waals surface area contributed by atoms with Gasteiger partial charge in [0.25, 0.3) is 0 Å². The molecule has 2 heterocycles. The minimum Gasteiger partial charge on any atom is -0.492 e. The van der Waals surface area contributed by atoms with E-state index in [0.717, 1.165) is 51.1 Å². The van der Waals surface area contributed by atoms with Gasteiger partial charge in [-0.2, -0.15) is 0 Å². The number of nitrogens with one attached hydrogen (secondary N) is 1. The largest absolute Gasteiger partial charge is 0.492 e. The van der Waals surface area contributed by atoms with Crippen LogP contribution >= 0.6 is 0 Å². The summed E-state index contributed by atoms with van der Waals surface area (Å²) in [6, 6.07) is 14.8. The molecule has 2 aliphatic rings. The molecule has 2 fully saturated rings. The molecule has 1 aromatic heterocycles. The molecule has 1 aromatic carbocycles. The third-order valence-corrected chi connectivity index (χ3v) is 6.36. The number of piperidine rings is 1. The second kappa shape index (κ2) is 10.6. The Balaban J connectivity index is 1.36. The van der Waals surface area contributed by atoms with Crippen LogP contribution in [0.15, 0.2) is 54.9 Å². The topological polar surface area (TPSA) is 54.5 Å². The first-order valence-corrected chi connectivity index (χ1v) is 11.4. The Labute approximate surface area is 179 Å². The smallest absolute Gasteiger partial charge is 0.224 e. The molecule has 1 amide bonds. The number of carbonyl (C=O) groups is 1. The predicted octanol–water partition coefficient (Wildman–Crippen LogP) is 3.70. The fraction of sp³-hybridized carbons (Fsp3) is 0.520. The summed E-state index contributed by atoms with van der Waals surface area (Å²) in [7, 11) is 0. The number of carbonyl (C=O) groups excluding carboxylic acids is 1. The fourth-order valence-electron chi connectivity index (χ4n) is 4.76. The van der Waals surface area contributed by atoms with Crippen LogP contribution in [0.4, 0.5) is 0 Å². The molecule has 0 bridgehead atoms. The van der Waals surface area contributed by atoms with Crippen LogP contribution in [0.1, 0.15) is 37.7 Å².